The molecule has 2 aromatic heterocycles. The highest BCUT2D eigenvalue weighted by Gasteiger charge is 2.37. The minimum atomic E-state index is -1.15. The van der Waals surface area contributed by atoms with E-state index in [-0.39, 0.29) is 23.9 Å². The monoisotopic (exact) mass is 654 g/mol. The van der Waals surface area contributed by atoms with Gasteiger partial charge in [0.2, 0.25) is 11.8 Å². The van der Waals surface area contributed by atoms with Crippen molar-refractivity contribution in [3.05, 3.63) is 59.2 Å². The van der Waals surface area contributed by atoms with Gasteiger partial charge in [-0.1, -0.05) is 11.8 Å². The van der Waals surface area contributed by atoms with Gasteiger partial charge in [0.25, 0.3) is 0 Å². The Balaban J connectivity index is 1.17. The minimum Gasteiger partial charge on any atom is -0.465 e. The Morgan fingerprint density at radius 1 is 0.896 bits per heavy atom. The Hall–Kier alpha value is -5.58. The van der Waals surface area contributed by atoms with Crippen molar-refractivity contribution in [2.45, 2.75) is 63.7 Å². The first kappa shape index (κ1) is 32.4. The van der Waals surface area contributed by atoms with Gasteiger partial charge in [0, 0.05) is 31.3 Å². The number of hydrogen-bond donors (Lipinski definition) is 4. The lowest BCUT2D eigenvalue weighted by Gasteiger charge is -2.29. The molecule has 4 heterocycles. The van der Waals surface area contributed by atoms with Crippen molar-refractivity contribution in [2.24, 2.45) is 0 Å². The van der Waals surface area contributed by atoms with Gasteiger partial charge in [-0.05, 0) is 75.9 Å². The maximum Gasteiger partial charge on any atom is 0.407 e. The Bertz CT molecular complexity index is 1960. The van der Waals surface area contributed by atoms with Gasteiger partial charge in [-0.15, -0.1) is 0 Å². The molecule has 4 N–H and O–H groups in total. The highest BCUT2D eigenvalue weighted by molar-refractivity contribution is 5.87. The quantitative estimate of drug-likeness (QED) is 0.226. The van der Waals surface area contributed by atoms with Gasteiger partial charge >= 0.3 is 12.2 Å². The van der Waals surface area contributed by atoms with Gasteiger partial charge in [-0.2, -0.15) is 0 Å². The lowest BCUT2D eigenvalue weighted by atomic mass is 10.1. The molecule has 250 valence electrons. The van der Waals surface area contributed by atoms with Crippen molar-refractivity contribution in [3.63, 3.8) is 0 Å². The zero-order chi connectivity index (χ0) is 34.1. The van der Waals surface area contributed by atoms with Crippen LogP contribution in [0.25, 0.3) is 22.1 Å². The molecule has 2 aromatic carbocycles. The number of hydrogen-bond acceptors (Lipinski definition) is 7. The van der Waals surface area contributed by atoms with Crippen LogP contribution in [0.5, 0.6) is 0 Å². The third kappa shape index (κ3) is 6.35. The van der Waals surface area contributed by atoms with Gasteiger partial charge in [-0.25, -0.2) is 19.6 Å². The van der Waals surface area contributed by atoms with E-state index in [0.717, 1.165) is 63.8 Å². The third-order valence-electron chi connectivity index (χ3n) is 9.18. The molecule has 0 spiro atoms. The van der Waals surface area contributed by atoms with Gasteiger partial charge < -0.3 is 34.9 Å². The number of aromatic amines is 2. The largest absolute Gasteiger partial charge is 0.465 e. The fraction of sp³-hybridized carbons (Fsp3) is 0.412. The molecular weight excluding hydrogens is 616 g/mol. The number of nitrogens with one attached hydrogen (secondary N) is 3. The number of amides is 4. The van der Waals surface area contributed by atoms with Crippen LogP contribution in [0.15, 0.2) is 36.4 Å². The molecule has 6 rings (SSSR count). The molecule has 14 heteroatoms. The molecule has 0 aliphatic carbocycles. The number of carbonyl (C=O) groups excluding carboxylic acids is 3. The summed E-state index contributed by atoms with van der Waals surface area (Å²) < 4.78 is 4.63. The summed E-state index contributed by atoms with van der Waals surface area (Å²) in [6.07, 6.45) is 1.33. The normalized spacial score (nSPS) is 18.8. The number of benzene rings is 2. The van der Waals surface area contributed by atoms with Crippen LogP contribution in [-0.4, -0.2) is 103 Å². The number of fused-ring (bicyclic) bond motifs is 2. The van der Waals surface area contributed by atoms with E-state index in [2.05, 4.69) is 31.9 Å². The average molecular weight is 655 g/mol. The second-order valence-corrected chi connectivity index (χ2v) is 12.3. The molecule has 2 aliphatic rings. The van der Waals surface area contributed by atoms with E-state index in [1.165, 1.54) is 14.2 Å². The Morgan fingerprint density at radius 3 is 1.88 bits per heavy atom. The van der Waals surface area contributed by atoms with Crippen LogP contribution in [0.4, 0.5) is 9.59 Å². The summed E-state index contributed by atoms with van der Waals surface area (Å²) >= 11 is 0. The van der Waals surface area contributed by atoms with Crippen molar-refractivity contribution < 1.29 is 29.0 Å². The summed E-state index contributed by atoms with van der Waals surface area (Å²) in [7, 11) is 2.66. The standard InChI is InChI=1S/C34H38N8O6/c1-19(35-33(45)48-4)31(43)41-15-5-7-27(41)29-36-23-13-11-21(17-25(23)38-29)9-10-22-12-14-24-26(18-22)39-30(37-24)28-8-6-16-42(28)32(44)20(2)40(3)34(46)47/h11-14,17-20,27-28H,5-8,15-16H2,1-4H3,(H,35,45)(H,36,38)(H,37,39)(H,46,47)/t19-,20-,27-,28-/m0/s1. The van der Waals surface area contributed by atoms with Gasteiger partial charge in [0.15, 0.2) is 0 Å². The number of likely N-dealkylation sites (N-methyl/N-ethyl adjacent to an activating group) is 1. The summed E-state index contributed by atoms with van der Waals surface area (Å²) in [5.74, 6) is 7.37. The summed E-state index contributed by atoms with van der Waals surface area (Å²) in [5.41, 5.74) is 4.71. The molecule has 0 saturated carbocycles. The van der Waals surface area contributed by atoms with E-state index in [0.29, 0.717) is 24.7 Å². The molecule has 2 aliphatic heterocycles. The van der Waals surface area contributed by atoms with Crippen molar-refractivity contribution in [1.82, 2.24) is 40.0 Å². The number of rotatable bonds is 6. The topological polar surface area (TPSA) is 177 Å². The number of ether oxygens (including phenoxy) is 1. The lowest BCUT2D eigenvalue weighted by Crippen LogP contribution is -2.47. The van der Waals surface area contributed by atoms with E-state index in [1.807, 2.05) is 36.4 Å². The molecule has 4 amide bonds. The van der Waals surface area contributed by atoms with Crippen molar-refractivity contribution >= 4 is 46.1 Å². The lowest BCUT2D eigenvalue weighted by molar-refractivity contribution is -0.136. The van der Waals surface area contributed by atoms with Crippen LogP contribution >= 0.6 is 0 Å². The predicted molar refractivity (Wildman–Crippen MR) is 176 cm³/mol. The predicted octanol–water partition coefficient (Wildman–Crippen LogP) is 3.91. The van der Waals surface area contributed by atoms with Crippen molar-refractivity contribution in [1.29, 1.82) is 0 Å². The Kier molecular flexibility index (Phi) is 8.95. The van der Waals surface area contributed by atoms with Crippen LogP contribution < -0.4 is 5.32 Å². The summed E-state index contributed by atoms with van der Waals surface area (Å²) in [6.45, 7) is 4.36. The van der Waals surface area contributed by atoms with Gasteiger partial charge in [0.1, 0.15) is 23.7 Å². The highest BCUT2D eigenvalue weighted by Crippen LogP contribution is 2.33. The van der Waals surface area contributed by atoms with Crippen LogP contribution in [0.1, 0.15) is 74.4 Å². The van der Waals surface area contributed by atoms with Crippen LogP contribution in [0.2, 0.25) is 0 Å². The first-order valence-corrected chi connectivity index (χ1v) is 16.0. The zero-order valence-corrected chi connectivity index (χ0v) is 27.2. The Labute approximate surface area is 276 Å². The summed E-state index contributed by atoms with van der Waals surface area (Å²) in [4.78, 5) is 70.0. The summed E-state index contributed by atoms with van der Waals surface area (Å²) in [6, 6.07) is 9.45. The fourth-order valence-electron chi connectivity index (χ4n) is 6.42. The number of methoxy groups -OCH3 is 1. The number of carboxylic acid groups (broad SMARTS) is 1. The molecule has 2 saturated heterocycles. The molecule has 14 nitrogen and oxygen atoms in total. The highest BCUT2D eigenvalue weighted by atomic mass is 16.5. The molecule has 0 unspecified atom stereocenters. The molecule has 48 heavy (non-hydrogen) atoms. The maximum atomic E-state index is 13.1. The second kappa shape index (κ2) is 13.3. The van der Waals surface area contributed by atoms with Crippen LogP contribution in [0.3, 0.4) is 0 Å². The maximum absolute atomic E-state index is 13.1. The average Bonchev–Trinajstić information content (AvgIpc) is 3.90. The van der Waals surface area contributed by atoms with Crippen LogP contribution in [-0.2, 0) is 14.3 Å². The molecular formula is C34H38N8O6. The molecule has 0 radical (unpaired) electrons. The number of H-pyrrole nitrogens is 2. The SMILES string of the molecule is COC(=O)N[C@@H](C)C(=O)N1CCC[C@H]1c1nc2ccc(C#Cc3ccc4nc([C@@H]5CCCN5C(=O)[C@H](C)N(C)C(=O)O)[nH]c4c3)cc2[nH]1. The van der Waals surface area contributed by atoms with Gasteiger partial charge in [0.05, 0.1) is 41.3 Å². The van der Waals surface area contributed by atoms with E-state index in [1.54, 1.807) is 23.6 Å². The van der Waals surface area contributed by atoms with E-state index in [9.17, 15) is 24.3 Å². The van der Waals surface area contributed by atoms with E-state index in [4.69, 9.17) is 9.97 Å². The number of imidazole rings is 2. The molecule has 4 aromatic rings. The second-order valence-electron chi connectivity index (χ2n) is 12.3. The molecule has 2 fully saturated rings. The van der Waals surface area contributed by atoms with E-state index >= 15 is 0 Å². The van der Waals surface area contributed by atoms with E-state index < -0.39 is 24.3 Å². The Morgan fingerprint density at radius 2 is 1.40 bits per heavy atom. The summed E-state index contributed by atoms with van der Waals surface area (Å²) in [5, 5.41) is 11.9. The smallest absolute Gasteiger partial charge is 0.407 e. The zero-order valence-electron chi connectivity index (χ0n) is 27.2. The number of aromatic nitrogens is 4. The number of carbonyl (C=O) groups is 4. The number of alkyl carbamates (subject to hydrolysis) is 1. The third-order valence-corrected chi connectivity index (χ3v) is 9.18. The van der Waals surface area contributed by atoms with Crippen molar-refractivity contribution in [2.75, 3.05) is 27.2 Å². The first-order chi connectivity index (χ1) is 23.0. The van der Waals surface area contributed by atoms with Crippen LogP contribution in [0, 0.1) is 11.8 Å². The number of nitrogens with zero attached hydrogens (tertiary/aromatic N) is 5. The number of likely N-dealkylation sites (tertiary alicyclic amines) is 2. The molecule has 4 atom stereocenters. The van der Waals surface area contributed by atoms with Gasteiger partial charge in [-0.3, -0.25) is 14.5 Å². The minimum absolute atomic E-state index is 0.191. The molecule has 0 bridgehead atoms. The van der Waals surface area contributed by atoms with Crippen molar-refractivity contribution in [3.8, 4) is 11.8 Å². The first-order valence-electron chi connectivity index (χ1n) is 16.0. The fourth-order valence-corrected chi connectivity index (χ4v) is 6.42.